The summed E-state index contributed by atoms with van der Waals surface area (Å²) in [6, 6.07) is 14.7. The standard InChI is InChI=1S/C21H24N2O2/c1-3-4-14-22-21(24)20-13-12-18(16-17(20)2)9-8-15-23(25)19-10-6-5-7-11-19/h5-13,15-16H,3-4,14H2,1-2H3,(H,22,24). The van der Waals surface area contributed by atoms with Gasteiger partial charge in [0.1, 0.15) is 0 Å². The molecule has 0 fully saturated rings. The molecule has 0 aliphatic heterocycles. The quantitative estimate of drug-likeness (QED) is 0.267. The minimum atomic E-state index is -0.0390. The van der Waals surface area contributed by atoms with Gasteiger partial charge in [0.25, 0.3) is 5.91 Å². The molecule has 130 valence electrons. The zero-order valence-corrected chi connectivity index (χ0v) is 14.7. The van der Waals surface area contributed by atoms with Gasteiger partial charge in [-0.25, -0.2) is 0 Å². The van der Waals surface area contributed by atoms with Gasteiger partial charge in [0.05, 0.1) is 0 Å². The van der Waals surface area contributed by atoms with Crippen molar-refractivity contribution in [2.75, 3.05) is 6.54 Å². The summed E-state index contributed by atoms with van der Waals surface area (Å²) in [6.07, 6.45) is 7.05. The molecule has 4 nitrogen and oxygen atoms in total. The first-order valence-corrected chi connectivity index (χ1v) is 8.53. The van der Waals surface area contributed by atoms with Crippen molar-refractivity contribution in [3.63, 3.8) is 0 Å². The molecule has 0 spiro atoms. The van der Waals surface area contributed by atoms with Crippen LogP contribution in [0.5, 0.6) is 0 Å². The summed E-state index contributed by atoms with van der Waals surface area (Å²) in [5.74, 6) is -0.0390. The number of hydrogen-bond donors (Lipinski definition) is 1. The van der Waals surface area contributed by atoms with E-state index in [-0.39, 0.29) is 5.91 Å². The van der Waals surface area contributed by atoms with Gasteiger partial charge in [0.15, 0.2) is 6.21 Å². The lowest BCUT2D eigenvalue weighted by Crippen LogP contribution is -2.25. The lowest BCUT2D eigenvalue weighted by Gasteiger charge is -2.08. The van der Waals surface area contributed by atoms with Gasteiger partial charge < -0.3 is 10.5 Å². The number of nitrogens with one attached hydrogen (secondary N) is 1. The minimum absolute atomic E-state index is 0.0390. The Morgan fingerprint density at radius 2 is 1.96 bits per heavy atom. The average molecular weight is 336 g/mol. The number of nitrogens with zero attached hydrogens (tertiary/aromatic N) is 1. The van der Waals surface area contributed by atoms with Crippen LogP contribution in [0.15, 0.2) is 54.6 Å². The van der Waals surface area contributed by atoms with E-state index in [0.717, 1.165) is 28.7 Å². The first-order chi connectivity index (χ1) is 12.1. The van der Waals surface area contributed by atoms with Crippen LogP contribution in [0, 0.1) is 12.1 Å². The normalized spacial score (nSPS) is 11.7. The number of para-hydroxylation sites is 1. The summed E-state index contributed by atoms with van der Waals surface area (Å²) in [4.78, 5) is 12.1. The minimum Gasteiger partial charge on any atom is -0.618 e. The molecule has 0 saturated heterocycles. The van der Waals surface area contributed by atoms with Crippen molar-refractivity contribution in [3.05, 3.63) is 76.5 Å². The van der Waals surface area contributed by atoms with Crippen LogP contribution in [0.25, 0.3) is 6.08 Å². The number of benzene rings is 2. The Kier molecular flexibility index (Phi) is 6.96. The smallest absolute Gasteiger partial charge is 0.251 e. The molecule has 2 aromatic carbocycles. The fraction of sp³-hybridized carbons (Fsp3) is 0.238. The summed E-state index contributed by atoms with van der Waals surface area (Å²) in [5, 5.41) is 14.9. The molecule has 2 aromatic rings. The third kappa shape index (κ3) is 5.60. The van der Waals surface area contributed by atoms with Gasteiger partial charge in [-0.2, -0.15) is 4.74 Å². The van der Waals surface area contributed by atoms with Crippen LogP contribution in [-0.2, 0) is 0 Å². The largest absolute Gasteiger partial charge is 0.618 e. The Morgan fingerprint density at radius 1 is 1.20 bits per heavy atom. The Hall–Kier alpha value is -2.88. The molecule has 0 bridgehead atoms. The molecule has 0 aliphatic rings. The van der Waals surface area contributed by atoms with Crippen LogP contribution in [-0.4, -0.2) is 23.4 Å². The maximum Gasteiger partial charge on any atom is 0.251 e. The maximum atomic E-state index is 12.1. The molecule has 4 heteroatoms. The van der Waals surface area contributed by atoms with Gasteiger partial charge >= 0.3 is 0 Å². The van der Waals surface area contributed by atoms with Crippen molar-refractivity contribution >= 4 is 23.9 Å². The topological polar surface area (TPSA) is 55.2 Å². The molecule has 0 radical (unpaired) electrons. The highest BCUT2D eigenvalue weighted by atomic mass is 16.5. The van der Waals surface area contributed by atoms with E-state index in [1.165, 1.54) is 6.21 Å². The third-order valence-corrected chi connectivity index (χ3v) is 3.83. The van der Waals surface area contributed by atoms with Crippen molar-refractivity contribution < 1.29 is 9.53 Å². The number of hydrogen-bond acceptors (Lipinski definition) is 2. The molecule has 0 aliphatic carbocycles. The molecule has 0 heterocycles. The van der Waals surface area contributed by atoms with Crippen molar-refractivity contribution in [3.8, 4) is 0 Å². The molecular formula is C21H24N2O2. The number of amides is 1. The molecule has 0 aromatic heterocycles. The Balaban J connectivity index is 2.04. The summed E-state index contributed by atoms with van der Waals surface area (Å²) < 4.78 is 0.818. The van der Waals surface area contributed by atoms with E-state index in [1.54, 1.807) is 18.2 Å². The van der Waals surface area contributed by atoms with Crippen LogP contribution >= 0.6 is 0 Å². The van der Waals surface area contributed by atoms with Crippen molar-refractivity contribution in [1.82, 2.24) is 5.32 Å². The first kappa shape index (κ1) is 18.5. The molecule has 0 unspecified atom stereocenters. The van der Waals surface area contributed by atoms with Gasteiger partial charge in [-0.15, -0.1) is 0 Å². The Bertz CT molecular complexity index is 765. The molecule has 25 heavy (non-hydrogen) atoms. The number of carbonyl (C=O) groups is 1. The number of rotatable bonds is 7. The SMILES string of the molecule is CCCCNC(=O)c1ccc(C=CC=[N+]([O-])c2ccccc2)cc1C. The van der Waals surface area contributed by atoms with Gasteiger partial charge in [-0.05, 0) is 36.6 Å². The highest BCUT2D eigenvalue weighted by Crippen LogP contribution is 2.13. The first-order valence-electron chi connectivity index (χ1n) is 8.53. The number of unbranched alkanes of at least 4 members (excludes halogenated alkanes) is 1. The molecule has 0 saturated carbocycles. The van der Waals surface area contributed by atoms with E-state index < -0.39 is 0 Å². The van der Waals surface area contributed by atoms with Crippen LogP contribution in [0.1, 0.15) is 41.3 Å². The second-order valence-corrected chi connectivity index (χ2v) is 5.85. The van der Waals surface area contributed by atoms with Crippen molar-refractivity contribution in [2.45, 2.75) is 26.7 Å². The lowest BCUT2D eigenvalue weighted by atomic mass is 10.0. The summed E-state index contributed by atoms with van der Waals surface area (Å²) in [5.41, 5.74) is 3.13. The predicted octanol–water partition coefficient (Wildman–Crippen LogP) is 4.45. The second kappa shape index (κ2) is 9.42. The third-order valence-electron chi connectivity index (χ3n) is 3.83. The summed E-state index contributed by atoms with van der Waals surface area (Å²) in [6.45, 7) is 4.71. The zero-order valence-electron chi connectivity index (χ0n) is 14.7. The highest BCUT2D eigenvalue weighted by molar-refractivity contribution is 5.95. The van der Waals surface area contributed by atoms with Crippen LogP contribution < -0.4 is 5.32 Å². The highest BCUT2D eigenvalue weighted by Gasteiger charge is 2.08. The number of carbonyl (C=O) groups excluding carboxylic acids is 1. The molecule has 2 rings (SSSR count). The lowest BCUT2D eigenvalue weighted by molar-refractivity contribution is -0.354. The van der Waals surface area contributed by atoms with Crippen molar-refractivity contribution in [1.29, 1.82) is 0 Å². The van der Waals surface area contributed by atoms with Crippen LogP contribution in [0.2, 0.25) is 0 Å². The number of aryl methyl sites for hydroxylation is 1. The fourth-order valence-corrected chi connectivity index (χ4v) is 2.41. The van der Waals surface area contributed by atoms with Gasteiger partial charge in [-0.3, -0.25) is 4.79 Å². The fourth-order valence-electron chi connectivity index (χ4n) is 2.41. The van der Waals surface area contributed by atoms with Crippen LogP contribution in [0.3, 0.4) is 0 Å². The molecular weight excluding hydrogens is 312 g/mol. The second-order valence-electron chi connectivity index (χ2n) is 5.85. The predicted molar refractivity (Wildman–Crippen MR) is 103 cm³/mol. The Morgan fingerprint density at radius 3 is 2.64 bits per heavy atom. The average Bonchev–Trinajstić information content (AvgIpc) is 2.62. The summed E-state index contributed by atoms with van der Waals surface area (Å²) in [7, 11) is 0. The maximum absolute atomic E-state index is 12.1. The number of allylic oxidation sites excluding steroid dienone is 1. The van der Waals surface area contributed by atoms with E-state index >= 15 is 0 Å². The van der Waals surface area contributed by atoms with E-state index in [4.69, 9.17) is 0 Å². The summed E-state index contributed by atoms with van der Waals surface area (Å²) >= 11 is 0. The Labute approximate surface area is 149 Å². The van der Waals surface area contributed by atoms with Crippen molar-refractivity contribution in [2.24, 2.45) is 0 Å². The van der Waals surface area contributed by atoms with E-state index in [1.807, 2.05) is 49.4 Å². The van der Waals surface area contributed by atoms with E-state index in [0.29, 0.717) is 17.8 Å². The zero-order chi connectivity index (χ0) is 18.1. The molecule has 0 atom stereocenters. The van der Waals surface area contributed by atoms with Gasteiger partial charge in [0.2, 0.25) is 5.69 Å². The molecule has 1 amide bonds. The monoisotopic (exact) mass is 336 g/mol. The molecule has 1 N–H and O–H groups in total. The van der Waals surface area contributed by atoms with Gasteiger partial charge in [0, 0.05) is 30.3 Å². The van der Waals surface area contributed by atoms with E-state index in [2.05, 4.69) is 12.2 Å². The van der Waals surface area contributed by atoms with Crippen LogP contribution in [0.4, 0.5) is 5.69 Å². The van der Waals surface area contributed by atoms with Gasteiger partial charge in [-0.1, -0.05) is 43.7 Å². The van der Waals surface area contributed by atoms with E-state index in [9.17, 15) is 10.0 Å².